The Hall–Kier alpha value is -0.960. The van der Waals surface area contributed by atoms with Crippen LogP contribution in [-0.4, -0.2) is 22.6 Å². The van der Waals surface area contributed by atoms with Gasteiger partial charge in [0.2, 0.25) is 0 Å². The second-order valence-electron chi connectivity index (χ2n) is 3.45. The molecule has 0 radical (unpaired) electrons. The van der Waals surface area contributed by atoms with Crippen LogP contribution in [0.1, 0.15) is 25.4 Å². The van der Waals surface area contributed by atoms with Crippen molar-refractivity contribution in [2.24, 2.45) is 0 Å². The summed E-state index contributed by atoms with van der Waals surface area (Å²) in [6, 6.07) is 2.51. The molecule has 0 aliphatic carbocycles. The van der Waals surface area contributed by atoms with Crippen LogP contribution in [0.2, 0.25) is 0 Å². The van der Waals surface area contributed by atoms with Gasteiger partial charge < -0.3 is 5.32 Å². The zero-order valence-corrected chi connectivity index (χ0v) is 8.54. The summed E-state index contributed by atoms with van der Waals surface area (Å²) < 4.78 is 0. The van der Waals surface area contributed by atoms with Crippen LogP contribution in [-0.2, 0) is 6.42 Å². The minimum Gasteiger partial charge on any atom is -0.314 e. The number of nitrogens with zero attached hydrogens (tertiary/aromatic N) is 2. The number of aryl methyl sites for hydroxylation is 1. The van der Waals surface area contributed by atoms with Gasteiger partial charge in [0.1, 0.15) is 5.82 Å². The summed E-state index contributed by atoms with van der Waals surface area (Å²) >= 11 is 0. The molecule has 3 nitrogen and oxygen atoms in total. The van der Waals surface area contributed by atoms with E-state index in [2.05, 4.69) is 29.1 Å². The standard InChI is InChI=1S/C10H17N3/c1-8(2)11-6-4-10-5-7-12-9(3)13-10/h5,7-8,11H,4,6H2,1-3H3. The van der Waals surface area contributed by atoms with E-state index in [9.17, 15) is 0 Å². The van der Waals surface area contributed by atoms with Gasteiger partial charge in [0.05, 0.1) is 0 Å². The second kappa shape index (κ2) is 4.92. The number of aromatic nitrogens is 2. The van der Waals surface area contributed by atoms with Crippen molar-refractivity contribution in [2.45, 2.75) is 33.2 Å². The predicted octanol–water partition coefficient (Wildman–Crippen LogP) is 1.33. The first-order valence-corrected chi connectivity index (χ1v) is 4.70. The maximum Gasteiger partial charge on any atom is 0.125 e. The summed E-state index contributed by atoms with van der Waals surface area (Å²) in [6.07, 6.45) is 2.79. The van der Waals surface area contributed by atoms with E-state index in [-0.39, 0.29) is 0 Å². The lowest BCUT2D eigenvalue weighted by Gasteiger charge is -2.07. The summed E-state index contributed by atoms with van der Waals surface area (Å²) in [5.74, 6) is 0.849. The monoisotopic (exact) mass is 179 g/mol. The van der Waals surface area contributed by atoms with Crippen LogP contribution < -0.4 is 5.32 Å². The lowest BCUT2D eigenvalue weighted by Crippen LogP contribution is -2.25. The lowest BCUT2D eigenvalue weighted by molar-refractivity contribution is 0.586. The Kier molecular flexibility index (Phi) is 3.83. The molecule has 72 valence electrons. The molecule has 0 amide bonds. The van der Waals surface area contributed by atoms with Crippen molar-refractivity contribution in [2.75, 3.05) is 6.54 Å². The molecule has 1 rings (SSSR count). The third-order valence-electron chi connectivity index (χ3n) is 1.77. The van der Waals surface area contributed by atoms with E-state index in [1.54, 1.807) is 0 Å². The van der Waals surface area contributed by atoms with Gasteiger partial charge >= 0.3 is 0 Å². The molecule has 0 fully saturated rings. The van der Waals surface area contributed by atoms with Crippen LogP contribution in [0.25, 0.3) is 0 Å². The summed E-state index contributed by atoms with van der Waals surface area (Å²) in [6.45, 7) is 7.18. The van der Waals surface area contributed by atoms with Gasteiger partial charge in [-0.05, 0) is 13.0 Å². The van der Waals surface area contributed by atoms with Crippen molar-refractivity contribution >= 4 is 0 Å². The summed E-state index contributed by atoms with van der Waals surface area (Å²) in [5.41, 5.74) is 1.11. The number of hydrogen-bond acceptors (Lipinski definition) is 3. The number of nitrogens with one attached hydrogen (secondary N) is 1. The minimum absolute atomic E-state index is 0.544. The normalized spacial score (nSPS) is 10.8. The van der Waals surface area contributed by atoms with Gasteiger partial charge in [0.25, 0.3) is 0 Å². The molecule has 0 atom stereocenters. The Bertz CT molecular complexity index is 258. The fraction of sp³-hybridized carbons (Fsp3) is 0.600. The maximum atomic E-state index is 4.32. The highest BCUT2D eigenvalue weighted by Gasteiger charge is 1.96. The third-order valence-corrected chi connectivity index (χ3v) is 1.77. The van der Waals surface area contributed by atoms with E-state index in [0.29, 0.717) is 6.04 Å². The van der Waals surface area contributed by atoms with Crippen molar-refractivity contribution in [1.29, 1.82) is 0 Å². The highest BCUT2D eigenvalue weighted by atomic mass is 14.9. The molecule has 0 aromatic carbocycles. The lowest BCUT2D eigenvalue weighted by atomic mass is 10.3. The Labute approximate surface area is 79.6 Å². The highest BCUT2D eigenvalue weighted by molar-refractivity contribution is 5.01. The molecule has 0 saturated carbocycles. The average molecular weight is 179 g/mol. The van der Waals surface area contributed by atoms with Crippen molar-refractivity contribution in [1.82, 2.24) is 15.3 Å². The van der Waals surface area contributed by atoms with E-state index in [1.807, 2.05) is 19.2 Å². The first-order chi connectivity index (χ1) is 6.18. The molecular weight excluding hydrogens is 162 g/mol. The van der Waals surface area contributed by atoms with Crippen molar-refractivity contribution in [3.63, 3.8) is 0 Å². The third kappa shape index (κ3) is 3.99. The molecule has 0 unspecified atom stereocenters. The Morgan fingerprint density at radius 1 is 1.46 bits per heavy atom. The van der Waals surface area contributed by atoms with Crippen molar-refractivity contribution < 1.29 is 0 Å². The van der Waals surface area contributed by atoms with Gasteiger partial charge in [0, 0.05) is 30.9 Å². The number of rotatable bonds is 4. The quantitative estimate of drug-likeness (QED) is 0.757. The van der Waals surface area contributed by atoms with E-state index in [1.165, 1.54) is 0 Å². The SMILES string of the molecule is Cc1nccc(CCNC(C)C)n1. The summed E-state index contributed by atoms with van der Waals surface area (Å²) in [7, 11) is 0. The molecule has 1 aromatic heterocycles. The maximum absolute atomic E-state index is 4.32. The van der Waals surface area contributed by atoms with Crippen molar-refractivity contribution in [3.8, 4) is 0 Å². The first kappa shape index (κ1) is 10.1. The van der Waals surface area contributed by atoms with E-state index < -0.39 is 0 Å². The highest BCUT2D eigenvalue weighted by Crippen LogP contribution is 1.95. The fourth-order valence-corrected chi connectivity index (χ4v) is 1.13. The minimum atomic E-state index is 0.544. The zero-order valence-electron chi connectivity index (χ0n) is 8.54. The molecule has 0 saturated heterocycles. The molecule has 13 heavy (non-hydrogen) atoms. The molecule has 1 N–H and O–H groups in total. The van der Waals surface area contributed by atoms with Crippen LogP contribution in [0.5, 0.6) is 0 Å². The fourth-order valence-electron chi connectivity index (χ4n) is 1.13. The van der Waals surface area contributed by atoms with Crippen LogP contribution >= 0.6 is 0 Å². The van der Waals surface area contributed by atoms with Crippen LogP contribution in [0.4, 0.5) is 0 Å². The Balaban J connectivity index is 2.37. The topological polar surface area (TPSA) is 37.8 Å². The predicted molar refractivity (Wildman–Crippen MR) is 53.6 cm³/mol. The molecule has 3 heteroatoms. The van der Waals surface area contributed by atoms with Gasteiger partial charge in [-0.1, -0.05) is 13.8 Å². The summed E-state index contributed by atoms with van der Waals surface area (Å²) in [4.78, 5) is 8.37. The van der Waals surface area contributed by atoms with Crippen LogP contribution in [0.15, 0.2) is 12.3 Å². The Morgan fingerprint density at radius 3 is 2.85 bits per heavy atom. The smallest absolute Gasteiger partial charge is 0.125 e. The molecule has 1 aromatic rings. The average Bonchev–Trinajstić information content (AvgIpc) is 2.03. The van der Waals surface area contributed by atoms with E-state index >= 15 is 0 Å². The first-order valence-electron chi connectivity index (χ1n) is 4.70. The number of hydrogen-bond donors (Lipinski definition) is 1. The van der Waals surface area contributed by atoms with Crippen molar-refractivity contribution in [3.05, 3.63) is 23.8 Å². The van der Waals surface area contributed by atoms with Gasteiger partial charge in [0.15, 0.2) is 0 Å². The van der Waals surface area contributed by atoms with E-state index in [4.69, 9.17) is 0 Å². The second-order valence-corrected chi connectivity index (χ2v) is 3.45. The molecule has 0 aliphatic rings. The summed E-state index contributed by atoms with van der Waals surface area (Å²) in [5, 5.41) is 3.35. The molecular formula is C10H17N3. The van der Waals surface area contributed by atoms with E-state index in [0.717, 1.165) is 24.5 Å². The van der Waals surface area contributed by atoms with Crippen LogP contribution in [0.3, 0.4) is 0 Å². The molecule has 0 bridgehead atoms. The van der Waals surface area contributed by atoms with Gasteiger partial charge in [-0.2, -0.15) is 0 Å². The van der Waals surface area contributed by atoms with Gasteiger partial charge in [-0.15, -0.1) is 0 Å². The molecule has 0 aliphatic heterocycles. The van der Waals surface area contributed by atoms with Crippen LogP contribution in [0, 0.1) is 6.92 Å². The Morgan fingerprint density at radius 2 is 2.23 bits per heavy atom. The van der Waals surface area contributed by atoms with Gasteiger partial charge in [-0.25, -0.2) is 9.97 Å². The molecule has 0 spiro atoms. The van der Waals surface area contributed by atoms with Gasteiger partial charge in [-0.3, -0.25) is 0 Å². The zero-order chi connectivity index (χ0) is 9.68. The largest absolute Gasteiger partial charge is 0.314 e. The molecule has 1 heterocycles.